The minimum absolute atomic E-state index is 0.357. The first kappa shape index (κ1) is 12.4. The molecule has 0 saturated carbocycles. The van der Waals surface area contributed by atoms with Crippen molar-refractivity contribution in [3.63, 3.8) is 0 Å². The van der Waals surface area contributed by atoms with Gasteiger partial charge in [-0.1, -0.05) is 6.07 Å². The third kappa shape index (κ3) is 2.27. The van der Waals surface area contributed by atoms with Crippen molar-refractivity contribution in [2.75, 3.05) is 0 Å². The number of aromatic nitrogens is 2. The number of benzene rings is 1. The van der Waals surface area contributed by atoms with Gasteiger partial charge >= 0.3 is 5.97 Å². The Morgan fingerprint density at radius 1 is 1.44 bits per heavy atom. The molecule has 0 radical (unpaired) electrons. The lowest BCUT2D eigenvalue weighted by Crippen LogP contribution is -2.02. The summed E-state index contributed by atoms with van der Waals surface area (Å²) in [6, 6.07) is 6.15. The van der Waals surface area contributed by atoms with Crippen molar-refractivity contribution in [3.05, 3.63) is 35.7 Å². The molecule has 0 unspecified atom stereocenters. The Bertz CT molecular complexity index is 624. The van der Waals surface area contributed by atoms with E-state index >= 15 is 0 Å². The van der Waals surface area contributed by atoms with Crippen molar-refractivity contribution in [2.45, 2.75) is 26.8 Å². The summed E-state index contributed by atoms with van der Waals surface area (Å²) in [4.78, 5) is 15.0. The quantitative estimate of drug-likeness (QED) is 0.844. The lowest BCUT2D eigenvalue weighted by Gasteiger charge is -2.10. The van der Waals surface area contributed by atoms with E-state index in [-0.39, 0.29) is 0 Å². The third-order valence-corrected chi connectivity index (χ3v) is 2.82. The van der Waals surface area contributed by atoms with Crippen LogP contribution in [0.1, 0.15) is 31.3 Å². The summed E-state index contributed by atoms with van der Waals surface area (Å²) in [7, 11) is 0. The lowest BCUT2D eigenvalue weighted by atomic mass is 10.2. The summed E-state index contributed by atoms with van der Waals surface area (Å²) < 4.78 is 2.17. The predicted molar refractivity (Wildman–Crippen MR) is 71.5 cm³/mol. The molecule has 0 aliphatic carbocycles. The van der Waals surface area contributed by atoms with Crippen LogP contribution >= 0.6 is 0 Å². The zero-order chi connectivity index (χ0) is 13.3. The SMILES string of the molecule is Cc1nc2cc(/C=C/C(=O)O)ccc2n1C(C)C. The van der Waals surface area contributed by atoms with Crippen LogP contribution in [-0.2, 0) is 4.79 Å². The first-order valence-corrected chi connectivity index (χ1v) is 5.88. The van der Waals surface area contributed by atoms with Gasteiger partial charge < -0.3 is 9.67 Å². The number of carboxylic acids is 1. The van der Waals surface area contributed by atoms with Gasteiger partial charge in [-0.15, -0.1) is 0 Å². The molecule has 0 saturated heterocycles. The molecule has 2 rings (SSSR count). The highest BCUT2D eigenvalue weighted by molar-refractivity contribution is 5.87. The van der Waals surface area contributed by atoms with Crippen molar-refractivity contribution in [2.24, 2.45) is 0 Å². The van der Waals surface area contributed by atoms with E-state index in [9.17, 15) is 4.79 Å². The second-order valence-electron chi connectivity index (χ2n) is 4.54. The number of aryl methyl sites for hydroxylation is 1. The normalized spacial score (nSPS) is 11.8. The summed E-state index contributed by atoms with van der Waals surface area (Å²) in [6.07, 6.45) is 2.71. The second-order valence-corrected chi connectivity index (χ2v) is 4.54. The first-order valence-electron chi connectivity index (χ1n) is 5.88. The number of carboxylic acid groups (broad SMARTS) is 1. The highest BCUT2D eigenvalue weighted by Crippen LogP contribution is 2.22. The summed E-state index contributed by atoms with van der Waals surface area (Å²) in [5.41, 5.74) is 2.82. The highest BCUT2D eigenvalue weighted by atomic mass is 16.4. The number of fused-ring (bicyclic) bond motifs is 1. The van der Waals surface area contributed by atoms with Gasteiger partial charge in [0.15, 0.2) is 0 Å². The zero-order valence-electron chi connectivity index (χ0n) is 10.7. The van der Waals surface area contributed by atoms with Crippen molar-refractivity contribution in [1.29, 1.82) is 0 Å². The predicted octanol–water partition coefficient (Wildman–Crippen LogP) is 3.02. The summed E-state index contributed by atoms with van der Waals surface area (Å²) in [5.74, 6) is 0.0263. The molecule has 4 heteroatoms. The number of hydrogen-bond donors (Lipinski definition) is 1. The van der Waals surface area contributed by atoms with Gasteiger partial charge in [0.25, 0.3) is 0 Å². The maximum Gasteiger partial charge on any atom is 0.328 e. The van der Waals surface area contributed by atoms with E-state index < -0.39 is 5.97 Å². The Labute approximate surface area is 106 Å². The van der Waals surface area contributed by atoms with Gasteiger partial charge in [-0.25, -0.2) is 9.78 Å². The standard InChI is InChI=1S/C14H16N2O2/c1-9(2)16-10(3)15-12-8-11(4-6-13(12)16)5-7-14(17)18/h4-9H,1-3H3,(H,17,18)/b7-5+. The maximum absolute atomic E-state index is 10.5. The van der Waals surface area contributed by atoms with Crippen molar-refractivity contribution < 1.29 is 9.90 Å². The van der Waals surface area contributed by atoms with Gasteiger partial charge in [-0.05, 0) is 44.5 Å². The molecule has 0 bridgehead atoms. The van der Waals surface area contributed by atoms with E-state index in [0.29, 0.717) is 6.04 Å². The minimum Gasteiger partial charge on any atom is -0.478 e. The molecule has 4 nitrogen and oxygen atoms in total. The van der Waals surface area contributed by atoms with Crippen LogP contribution in [0.4, 0.5) is 0 Å². The van der Waals surface area contributed by atoms with E-state index in [4.69, 9.17) is 5.11 Å². The molecule has 0 atom stereocenters. The number of rotatable bonds is 3. The monoisotopic (exact) mass is 244 g/mol. The van der Waals surface area contributed by atoms with Gasteiger partial charge in [0, 0.05) is 12.1 Å². The van der Waals surface area contributed by atoms with Crippen molar-refractivity contribution in [3.8, 4) is 0 Å². The number of aliphatic carboxylic acids is 1. The van der Waals surface area contributed by atoms with E-state index in [1.54, 1.807) is 6.08 Å². The van der Waals surface area contributed by atoms with Crippen molar-refractivity contribution >= 4 is 23.1 Å². The summed E-state index contributed by atoms with van der Waals surface area (Å²) in [5, 5.41) is 8.60. The van der Waals surface area contributed by atoms with Gasteiger partial charge in [-0.2, -0.15) is 0 Å². The van der Waals surface area contributed by atoms with Crippen LogP contribution in [-0.4, -0.2) is 20.6 Å². The van der Waals surface area contributed by atoms with Crippen LogP contribution in [0.3, 0.4) is 0 Å². The van der Waals surface area contributed by atoms with Crippen LogP contribution in [0, 0.1) is 6.92 Å². The van der Waals surface area contributed by atoms with E-state index in [2.05, 4.69) is 23.4 Å². The average molecular weight is 244 g/mol. The van der Waals surface area contributed by atoms with E-state index in [1.165, 1.54) is 0 Å². The molecular formula is C14H16N2O2. The van der Waals surface area contributed by atoms with Crippen LogP contribution < -0.4 is 0 Å². The molecule has 0 fully saturated rings. The molecule has 0 aliphatic rings. The summed E-state index contributed by atoms with van der Waals surface area (Å²) >= 11 is 0. The molecule has 1 aromatic heterocycles. The van der Waals surface area contributed by atoms with Crippen molar-refractivity contribution in [1.82, 2.24) is 9.55 Å². The average Bonchev–Trinajstić information content (AvgIpc) is 2.61. The minimum atomic E-state index is -0.945. The molecule has 94 valence electrons. The first-order chi connectivity index (χ1) is 8.49. The topological polar surface area (TPSA) is 55.1 Å². The Morgan fingerprint density at radius 2 is 2.17 bits per heavy atom. The van der Waals surface area contributed by atoms with Crippen LogP contribution in [0.25, 0.3) is 17.1 Å². The fourth-order valence-corrected chi connectivity index (χ4v) is 2.16. The second kappa shape index (κ2) is 4.64. The number of hydrogen-bond acceptors (Lipinski definition) is 2. The van der Waals surface area contributed by atoms with Gasteiger partial charge in [0.05, 0.1) is 11.0 Å². The zero-order valence-corrected chi connectivity index (χ0v) is 10.7. The molecule has 1 N–H and O–H groups in total. The molecular weight excluding hydrogens is 228 g/mol. The molecule has 18 heavy (non-hydrogen) atoms. The number of imidazole rings is 1. The van der Waals surface area contributed by atoms with Crippen LogP contribution in [0.5, 0.6) is 0 Å². The largest absolute Gasteiger partial charge is 0.478 e. The fraction of sp³-hybridized carbons (Fsp3) is 0.286. The molecule has 1 aromatic carbocycles. The molecule has 0 amide bonds. The highest BCUT2D eigenvalue weighted by Gasteiger charge is 2.09. The summed E-state index contributed by atoms with van der Waals surface area (Å²) in [6.45, 7) is 6.21. The van der Waals surface area contributed by atoms with Gasteiger partial charge in [0.2, 0.25) is 0 Å². The van der Waals surface area contributed by atoms with Gasteiger partial charge in [-0.3, -0.25) is 0 Å². The molecule has 0 aliphatic heterocycles. The molecule has 1 heterocycles. The van der Waals surface area contributed by atoms with E-state index in [0.717, 1.165) is 28.5 Å². The lowest BCUT2D eigenvalue weighted by molar-refractivity contribution is -0.131. The van der Waals surface area contributed by atoms with Crippen LogP contribution in [0.2, 0.25) is 0 Å². The van der Waals surface area contributed by atoms with Gasteiger partial charge in [0.1, 0.15) is 5.82 Å². The fourth-order valence-electron chi connectivity index (χ4n) is 2.16. The smallest absolute Gasteiger partial charge is 0.328 e. The maximum atomic E-state index is 10.5. The Hall–Kier alpha value is -2.10. The number of nitrogens with zero attached hydrogens (tertiary/aromatic N) is 2. The Morgan fingerprint density at radius 3 is 2.78 bits per heavy atom. The van der Waals surface area contributed by atoms with Crippen LogP contribution in [0.15, 0.2) is 24.3 Å². The van der Waals surface area contributed by atoms with E-state index in [1.807, 2.05) is 25.1 Å². The Kier molecular flexibility index (Phi) is 3.19. The molecule has 2 aromatic rings. The number of carbonyl (C=O) groups is 1. The molecule has 0 spiro atoms. The Balaban J connectivity index is 2.51. The third-order valence-electron chi connectivity index (χ3n) is 2.82.